The summed E-state index contributed by atoms with van der Waals surface area (Å²) < 4.78 is 28.7. The molecule has 1 amide bonds. The Balaban J connectivity index is 1.96. The molecule has 1 aliphatic heterocycles. The first-order valence-corrected chi connectivity index (χ1v) is 11.1. The van der Waals surface area contributed by atoms with Gasteiger partial charge >= 0.3 is 0 Å². The third-order valence-electron chi connectivity index (χ3n) is 5.30. The van der Waals surface area contributed by atoms with Crippen LogP contribution in [0.25, 0.3) is 10.9 Å². The largest absolute Gasteiger partial charge is 0.345 e. The van der Waals surface area contributed by atoms with Gasteiger partial charge in [-0.3, -0.25) is 9.78 Å². The van der Waals surface area contributed by atoms with Gasteiger partial charge in [0.15, 0.2) is 0 Å². The first kappa shape index (κ1) is 20.7. The van der Waals surface area contributed by atoms with E-state index >= 15 is 0 Å². The number of para-hydroxylation sites is 1. The van der Waals surface area contributed by atoms with Crippen molar-refractivity contribution in [1.82, 2.24) is 18.5 Å². The van der Waals surface area contributed by atoms with E-state index in [1.165, 1.54) is 8.61 Å². The summed E-state index contributed by atoms with van der Waals surface area (Å²) in [6.07, 6.45) is 0.696. The average Bonchev–Trinajstić information content (AvgIpc) is 3.18. The summed E-state index contributed by atoms with van der Waals surface area (Å²) in [5, 5.41) is 0.815. The van der Waals surface area contributed by atoms with Gasteiger partial charge in [0.05, 0.1) is 11.1 Å². The van der Waals surface area contributed by atoms with Crippen molar-refractivity contribution >= 4 is 27.0 Å². The molecule has 28 heavy (non-hydrogen) atoms. The zero-order valence-electron chi connectivity index (χ0n) is 16.9. The van der Waals surface area contributed by atoms with Crippen molar-refractivity contribution in [2.75, 3.05) is 40.3 Å². The van der Waals surface area contributed by atoms with Crippen LogP contribution < -0.4 is 0 Å². The number of pyridine rings is 1. The molecule has 1 saturated heterocycles. The van der Waals surface area contributed by atoms with Crippen molar-refractivity contribution in [2.24, 2.45) is 0 Å². The van der Waals surface area contributed by atoms with E-state index in [9.17, 15) is 13.2 Å². The molecule has 0 aliphatic carbocycles. The molecule has 1 aliphatic rings. The smallest absolute Gasteiger partial charge is 0.281 e. The van der Waals surface area contributed by atoms with Crippen molar-refractivity contribution in [2.45, 2.75) is 26.2 Å². The summed E-state index contributed by atoms with van der Waals surface area (Å²) in [5.74, 6) is -0.103. The molecule has 1 unspecified atom stereocenters. The summed E-state index contributed by atoms with van der Waals surface area (Å²) in [5.41, 5.74) is 2.15. The van der Waals surface area contributed by atoms with Crippen LogP contribution >= 0.6 is 0 Å². The molecule has 0 radical (unpaired) electrons. The van der Waals surface area contributed by atoms with Gasteiger partial charge in [-0.25, -0.2) is 0 Å². The van der Waals surface area contributed by atoms with E-state index in [0.717, 1.165) is 16.6 Å². The van der Waals surface area contributed by atoms with Crippen LogP contribution in [0.2, 0.25) is 0 Å². The Hall–Kier alpha value is -2.03. The minimum absolute atomic E-state index is 0.0244. The number of carbonyl (C=O) groups excluding carboxylic acids is 1. The molecule has 152 valence electrons. The maximum absolute atomic E-state index is 12.8. The highest BCUT2D eigenvalue weighted by Gasteiger charge is 2.36. The number of hydrogen-bond donors (Lipinski definition) is 0. The van der Waals surface area contributed by atoms with E-state index in [1.807, 2.05) is 44.2 Å². The van der Waals surface area contributed by atoms with Gasteiger partial charge in [-0.15, -0.1) is 0 Å². The quantitative estimate of drug-likeness (QED) is 0.741. The van der Waals surface area contributed by atoms with E-state index in [4.69, 9.17) is 4.98 Å². The lowest BCUT2D eigenvalue weighted by molar-refractivity contribution is 0.0829. The Kier molecular flexibility index (Phi) is 6.02. The molecule has 0 saturated carbocycles. The van der Waals surface area contributed by atoms with Gasteiger partial charge in [0.1, 0.15) is 0 Å². The summed E-state index contributed by atoms with van der Waals surface area (Å²) in [7, 11) is -0.00581. The van der Waals surface area contributed by atoms with Crippen LogP contribution in [0.5, 0.6) is 0 Å². The van der Waals surface area contributed by atoms with Crippen LogP contribution in [-0.2, 0) is 10.2 Å². The molecular weight excluding hydrogens is 376 g/mol. The predicted molar refractivity (Wildman–Crippen MR) is 111 cm³/mol. The van der Waals surface area contributed by atoms with Gasteiger partial charge in [0.25, 0.3) is 16.1 Å². The van der Waals surface area contributed by atoms with Crippen molar-refractivity contribution in [3.63, 3.8) is 0 Å². The monoisotopic (exact) mass is 404 g/mol. The molecule has 0 N–H and O–H groups in total. The molecule has 1 atom stereocenters. The van der Waals surface area contributed by atoms with Crippen molar-refractivity contribution in [3.8, 4) is 0 Å². The average molecular weight is 405 g/mol. The lowest BCUT2D eigenvalue weighted by Crippen LogP contribution is -2.42. The normalized spacial score (nSPS) is 18.1. The van der Waals surface area contributed by atoms with Gasteiger partial charge in [-0.1, -0.05) is 32.0 Å². The zero-order valence-corrected chi connectivity index (χ0v) is 17.7. The Morgan fingerprint density at radius 1 is 1.21 bits per heavy atom. The van der Waals surface area contributed by atoms with E-state index in [-0.39, 0.29) is 11.8 Å². The summed E-state index contributed by atoms with van der Waals surface area (Å²) in [6, 6.07) is 9.42. The van der Waals surface area contributed by atoms with Crippen LogP contribution in [-0.4, -0.2) is 73.1 Å². The van der Waals surface area contributed by atoms with Gasteiger partial charge < -0.3 is 4.90 Å². The Morgan fingerprint density at radius 3 is 2.54 bits per heavy atom. The fourth-order valence-corrected chi connectivity index (χ4v) is 5.40. The molecule has 2 heterocycles. The van der Waals surface area contributed by atoms with Crippen LogP contribution in [0.3, 0.4) is 0 Å². The fourth-order valence-electron chi connectivity index (χ4n) is 3.72. The molecule has 0 bridgehead atoms. The maximum atomic E-state index is 12.8. The van der Waals surface area contributed by atoms with Crippen LogP contribution in [0.4, 0.5) is 0 Å². The SMILES string of the molecule is CCN(CC)S(=O)(=O)N1CCC(c2cc(C(=O)N(C)C)c3ccccc3n2)C1. The lowest BCUT2D eigenvalue weighted by atomic mass is 9.99. The van der Waals surface area contributed by atoms with Crippen molar-refractivity contribution in [3.05, 3.63) is 41.6 Å². The third kappa shape index (κ3) is 3.76. The highest BCUT2D eigenvalue weighted by molar-refractivity contribution is 7.86. The lowest BCUT2D eigenvalue weighted by Gasteiger charge is -2.25. The maximum Gasteiger partial charge on any atom is 0.281 e. The van der Waals surface area contributed by atoms with Gasteiger partial charge in [0.2, 0.25) is 0 Å². The third-order valence-corrected chi connectivity index (χ3v) is 7.45. The summed E-state index contributed by atoms with van der Waals surface area (Å²) in [6.45, 7) is 5.46. The van der Waals surface area contributed by atoms with E-state index < -0.39 is 10.2 Å². The zero-order chi connectivity index (χ0) is 20.5. The molecule has 2 aromatic rings. The number of rotatable bonds is 6. The number of carbonyl (C=O) groups is 1. The highest BCUT2D eigenvalue weighted by atomic mass is 32.2. The Labute approximate surface area is 167 Å². The van der Waals surface area contributed by atoms with E-state index in [1.54, 1.807) is 19.0 Å². The highest BCUT2D eigenvalue weighted by Crippen LogP contribution is 2.31. The molecule has 1 fully saturated rings. The van der Waals surface area contributed by atoms with Crippen LogP contribution in [0, 0.1) is 0 Å². The number of aromatic nitrogens is 1. The number of hydrogen-bond acceptors (Lipinski definition) is 4. The summed E-state index contributed by atoms with van der Waals surface area (Å²) in [4.78, 5) is 19.0. The van der Waals surface area contributed by atoms with E-state index in [0.29, 0.717) is 38.2 Å². The summed E-state index contributed by atoms with van der Waals surface area (Å²) >= 11 is 0. The van der Waals surface area contributed by atoms with Crippen molar-refractivity contribution < 1.29 is 13.2 Å². The minimum atomic E-state index is -3.46. The fraction of sp³-hybridized carbons (Fsp3) is 0.500. The van der Waals surface area contributed by atoms with Crippen LogP contribution in [0.15, 0.2) is 30.3 Å². The predicted octanol–water partition coefficient (Wildman–Crippen LogP) is 2.31. The molecule has 1 aromatic heterocycles. The molecule has 3 rings (SSSR count). The Morgan fingerprint density at radius 2 is 1.89 bits per heavy atom. The van der Waals surface area contributed by atoms with Crippen LogP contribution in [0.1, 0.15) is 42.2 Å². The second kappa shape index (κ2) is 8.14. The van der Waals surface area contributed by atoms with Gasteiger partial charge in [0, 0.05) is 57.3 Å². The van der Waals surface area contributed by atoms with Crippen molar-refractivity contribution in [1.29, 1.82) is 0 Å². The molecule has 7 nitrogen and oxygen atoms in total. The first-order valence-electron chi connectivity index (χ1n) is 9.66. The number of benzene rings is 1. The van der Waals surface area contributed by atoms with Gasteiger partial charge in [-0.2, -0.15) is 17.0 Å². The first-order chi connectivity index (χ1) is 13.3. The second-order valence-corrected chi connectivity index (χ2v) is 9.18. The standard InChI is InChI=1S/C20H28N4O3S/c1-5-23(6-2)28(26,27)24-12-11-15(14-24)19-13-17(20(25)22(3)4)16-9-7-8-10-18(16)21-19/h7-10,13,15H,5-6,11-12,14H2,1-4H3. The molecular formula is C20H28N4O3S. The van der Waals surface area contributed by atoms with E-state index in [2.05, 4.69) is 0 Å². The second-order valence-electron chi connectivity index (χ2n) is 7.25. The Bertz CT molecular complexity index is 971. The topological polar surface area (TPSA) is 73.8 Å². The number of fused-ring (bicyclic) bond motifs is 1. The van der Waals surface area contributed by atoms with Gasteiger partial charge in [-0.05, 0) is 18.6 Å². The number of amides is 1. The molecule has 1 aromatic carbocycles. The minimum Gasteiger partial charge on any atom is -0.345 e. The number of nitrogens with zero attached hydrogens (tertiary/aromatic N) is 4. The molecule has 0 spiro atoms. The molecule has 8 heteroatoms.